The Bertz CT molecular complexity index is 862. The molecule has 2 aliphatic rings. The molecule has 146 valence electrons. The van der Waals surface area contributed by atoms with Crippen LogP contribution in [0.15, 0.2) is 48.5 Å². The number of hydrogen-bond acceptors (Lipinski definition) is 4. The van der Waals surface area contributed by atoms with Gasteiger partial charge in [-0.15, -0.1) is 0 Å². The fourth-order valence-electron chi connectivity index (χ4n) is 3.69. The third-order valence-electron chi connectivity index (χ3n) is 5.41. The number of likely N-dealkylation sites (tertiary alicyclic amines) is 1. The largest absolute Gasteiger partial charge is 0.347 e. The Kier molecular flexibility index (Phi) is 5.15. The Morgan fingerprint density at radius 3 is 2.18 bits per heavy atom. The molecular weight excluding hydrogens is 356 g/mol. The summed E-state index contributed by atoms with van der Waals surface area (Å²) in [5, 5.41) is 2.90. The number of ether oxygens (including phenoxy) is 2. The van der Waals surface area contributed by atoms with Crippen LogP contribution in [0.1, 0.15) is 39.1 Å². The normalized spacial score (nSPS) is 18.2. The standard InChI is InChI=1S/C22H24N2O4/c1-16-4-2-3-5-19(16)23-20(25)17-6-8-18(9-7-17)21(26)24-12-10-22(11-13-24)27-14-15-28-22/h2-9H,10-15H2,1H3,(H,23,25). The van der Waals surface area contributed by atoms with Crippen LogP contribution in [0.25, 0.3) is 0 Å². The fourth-order valence-corrected chi connectivity index (χ4v) is 3.69. The number of aryl methyl sites for hydroxylation is 1. The minimum Gasteiger partial charge on any atom is -0.347 e. The van der Waals surface area contributed by atoms with E-state index in [0.29, 0.717) is 50.3 Å². The monoisotopic (exact) mass is 380 g/mol. The number of carbonyl (C=O) groups is 2. The highest BCUT2D eigenvalue weighted by molar-refractivity contribution is 6.05. The van der Waals surface area contributed by atoms with Gasteiger partial charge in [-0.05, 0) is 42.8 Å². The van der Waals surface area contributed by atoms with E-state index >= 15 is 0 Å². The van der Waals surface area contributed by atoms with E-state index in [1.165, 1.54) is 0 Å². The lowest BCUT2D eigenvalue weighted by molar-refractivity contribution is -0.181. The van der Waals surface area contributed by atoms with Crippen molar-refractivity contribution in [1.29, 1.82) is 0 Å². The van der Waals surface area contributed by atoms with Crippen molar-refractivity contribution >= 4 is 17.5 Å². The van der Waals surface area contributed by atoms with Crippen LogP contribution in [-0.4, -0.2) is 48.8 Å². The second-order valence-corrected chi connectivity index (χ2v) is 7.25. The van der Waals surface area contributed by atoms with Gasteiger partial charge in [0.2, 0.25) is 0 Å². The average Bonchev–Trinajstić information content (AvgIpc) is 3.18. The van der Waals surface area contributed by atoms with Crippen LogP contribution in [0.3, 0.4) is 0 Å². The van der Waals surface area contributed by atoms with Gasteiger partial charge in [0.25, 0.3) is 11.8 Å². The van der Waals surface area contributed by atoms with Crippen molar-refractivity contribution < 1.29 is 19.1 Å². The molecule has 2 aromatic rings. The van der Waals surface area contributed by atoms with E-state index < -0.39 is 5.79 Å². The predicted molar refractivity (Wildman–Crippen MR) is 105 cm³/mol. The third kappa shape index (κ3) is 3.79. The summed E-state index contributed by atoms with van der Waals surface area (Å²) in [5.41, 5.74) is 2.88. The number of para-hydroxylation sites is 1. The van der Waals surface area contributed by atoms with Crippen LogP contribution in [0.5, 0.6) is 0 Å². The Labute approximate surface area is 164 Å². The molecule has 2 aromatic carbocycles. The van der Waals surface area contributed by atoms with Gasteiger partial charge in [-0.25, -0.2) is 0 Å². The molecule has 2 aliphatic heterocycles. The minimum atomic E-state index is -0.492. The zero-order chi connectivity index (χ0) is 19.6. The number of benzene rings is 2. The van der Waals surface area contributed by atoms with Gasteiger partial charge in [0.15, 0.2) is 5.79 Å². The number of nitrogens with zero attached hydrogens (tertiary/aromatic N) is 1. The second kappa shape index (κ2) is 7.73. The van der Waals surface area contributed by atoms with Crippen molar-refractivity contribution in [3.8, 4) is 0 Å². The van der Waals surface area contributed by atoms with Gasteiger partial charge in [0, 0.05) is 42.7 Å². The molecule has 0 saturated carbocycles. The molecular formula is C22H24N2O4. The fraction of sp³-hybridized carbons (Fsp3) is 0.364. The molecule has 0 aliphatic carbocycles. The van der Waals surface area contributed by atoms with Crippen molar-refractivity contribution in [2.75, 3.05) is 31.6 Å². The number of hydrogen-bond donors (Lipinski definition) is 1. The van der Waals surface area contributed by atoms with Gasteiger partial charge in [-0.3, -0.25) is 9.59 Å². The molecule has 1 N–H and O–H groups in total. The average molecular weight is 380 g/mol. The first-order chi connectivity index (χ1) is 13.6. The molecule has 6 heteroatoms. The molecule has 6 nitrogen and oxygen atoms in total. The number of carbonyl (C=O) groups excluding carboxylic acids is 2. The van der Waals surface area contributed by atoms with Crippen molar-refractivity contribution in [3.05, 3.63) is 65.2 Å². The SMILES string of the molecule is Cc1ccccc1NC(=O)c1ccc(C(=O)N2CCC3(CC2)OCCO3)cc1. The number of rotatable bonds is 3. The van der Waals surface area contributed by atoms with Crippen LogP contribution in [-0.2, 0) is 9.47 Å². The molecule has 28 heavy (non-hydrogen) atoms. The maximum atomic E-state index is 12.8. The predicted octanol–water partition coefficient (Wildman–Crippen LogP) is 3.23. The van der Waals surface area contributed by atoms with E-state index in [1.807, 2.05) is 36.1 Å². The molecule has 2 heterocycles. The Morgan fingerprint density at radius 1 is 0.929 bits per heavy atom. The topological polar surface area (TPSA) is 67.9 Å². The molecule has 2 amide bonds. The Morgan fingerprint density at radius 2 is 1.54 bits per heavy atom. The summed E-state index contributed by atoms with van der Waals surface area (Å²) in [4.78, 5) is 27.0. The summed E-state index contributed by atoms with van der Waals surface area (Å²) in [7, 11) is 0. The Hall–Kier alpha value is -2.70. The van der Waals surface area contributed by atoms with Gasteiger partial charge in [-0.2, -0.15) is 0 Å². The van der Waals surface area contributed by atoms with Gasteiger partial charge >= 0.3 is 0 Å². The van der Waals surface area contributed by atoms with Gasteiger partial charge in [0.1, 0.15) is 0 Å². The highest BCUT2D eigenvalue weighted by Crippen LogP contribution is 2.31. The maximum Gasteiger partial charge on any atom is 0.255 e. The van der Waals surface area contributed by atoms with E-state index in [9.17, 15) is 9.59 Å². The zero-order valence-electron chi connectivity index (χ0n) is 15.9. The van der Waals surface area contributed by atoms with Crippen molar-refractivity contribution in [2.24, 2.45) is 0 Å². The quantitative estimate of drug-likeness (QED) is 0.888. The summed E-state index contributed by atoms with van der Waals surface area (Å²) in [6.45, 7) is 4.41. The van der Waals surface area contributed by atoms with E-state index in [0.717, 1.165) is 11.3 Å². The first kappa shape index (κ1) is 18.7. The highest BCUT2D eigenvalue weighted by Gasteiger charge is 2.40. The first-order valence-corrected chi connectivity index (χ1v) is 9.61. The summed E-state index contributed by atoms with van der Waals surface area (Å²) in [6, 6.07) is 14.4. The lowest BCUT2D eigenvalue weighted by Crippen LogP contribution is -2.47. The van der Waals surface area contributed by atoms with E-state index in [-0.39, 0.29) is 11.8 Å². The summed E-state index contributed by atoms with van der Waals surface area (Å²) in [5.74, 6) is -0.712. The third-order valence-corrected chi connectivity index (χ3v) is 5.41. The van der Waals surface area contributed by atoms with Gasteiger partial charge in [-0.1, -0.05) is 18.2 Å². The van der Waals surface area contributed by atoms with Crippen molar-refractivity contribution in [1.82, 2.24) is 4.90 Å². The van der Waals surface area contributed by atoms with Gasteiger partial charge < -0.3 is 19.7 Å². The van der Waals surface area contributed by atoms with Crippen LogP contribution < -0.4 is 5.32 Å². The second-order valence-electron chi connectivity index (χ2n) is 7.25. The maximum absolute atomic E-state index is 12.8. The van der Waals surface area contributed by atoms with Crippen LogP contribution in [0.2, 0.25) is 0 Å². The number of amides is 2. The Balaban J connectivity index is 1.38. The van der Waals surface area contributed by atoms with Crippen molar-refractivity contribution in [3.63, 3.8) is 0 Å². The highest BCUT2D eigenvalue weighted by atomic mass is 16.7. The molecule has 4 rings (SSSR count). The number of nitrogens with one attached hydrogen (secondary N) is 1. The lowest BCUT2D eigenvalue weighted by atomic mass is 10.0. The van der Waals surface area contributed by atoms with Crippen LogP contribution in [0, 0.1) is 6.92 Å². The molecule has 0 radical (unpaired) electrons. The van der Waals surface area contributed by atoms with E-state index in [2.05, 4.69) is 5.32 Å². The summed E-state index contributed by atoms with van der Waals surface area (Å²) >= 11 is 0. The molecule has 0 bridgehead atoms. The molecule has 1 spiro atoms. The zero-order valence-corrected chi connectivity index (χ0v) is 15.9. The number of piperidine rings is 1. The van der Waals surface area contributed by atoms with Crippen molar-refractivity contribution in [2.45, 2.75) is 25.6 Å². The minimum absolute atomic E-state index is 0.0290. The molecule has 2 saturated heterocycles. The lowest BCUT2D eigenvalue weighted by Gasteiger charge is -2.37. The van der Waals surface area contributed by atoms with E-state index in [1.54, 1.807) is 24.3 Å². The number of anilines is 1. The van der Waals surface area contributed by atoms with Crippen LogP contribution in [0.4, 0.5) is 5.69 Å². The van der Waals surface area contributed by atoms with Crippen LogP contribution >= 0.6 is 0 Å². The molecule has 2 fully saturated rings. The molecule has 0 aromatic heterocycles. The molecule has 0 unspecified atom stereocenters. The summed E-state index contributed by atoms with van der Waals surface area (Å²) in [6.07, 6.45) is 1.38. The van der Waals surface area contributed by atoms with E-state index in [4.69, 9.17) is 9.47 Å². The summed E-state index contributed by atoms with van der Waals surface area (Å²) < 4.78 is 11.4. The first-order valence-electron chi connectivity index (χ1n) is 9.61. The smallest absolute Gasteiger partial charge is 0.255 e. The molecule has 0 atom stereocenters. The van der Waals surface area contributed by atoms with Gasteiger partial charge in [0.05, 0.1) is 13.2 Å².